The molecule has 1 N–H and O–H groups in total. The summed E-state index contributed by atoms with van der Waals surface area (Å²) in [6.07, 6.45) is 2.92. The highest BCUT2D eigenvalue weighted by atomic mass is 32.2. The van der Waals surface area contributed by atoms with Gasteiger partial charge in [-0.3, -0.25) is 9.52 Å². The van der Waals surface area contributed by atoms with Crippen LogP contribution < -0.4 is 9.62 Å². The van der Waals surface area contributed by atoms with Crippen molar-refractivity contribution >= 4 is 27.2 Å². The predicted octanol–water partition coefficient (Wildman–Crippen LogP) is 4.53. The van der Waals surface area contributed by atoms with E-state index in [-0.39, 0.29) is 28.7 Å². The van der Waals surface area contributed by atoms with Crippen LogP contribution in [-0.4, -0.2) is 26.5 Å². The summed E-state index contributed by atoms with van der Waals surface area (Å²) in [6, 6.07) is 12.1. The van der Waals surface area contributed by atoms with Crippen molar-refractivity contribution in [3.05, 3.63) is 59.4 Å². The van der Waals surface area contributed by atoms with Gasteiger partial charge in [-0.15, -0.1) is 0 Å². The normalized spacial score (nSPS) is 25.9. The minimum absolute atomic E-state index is 0.106. The molecule has 0 amide bonds. The molecule has 0 radical (unpaired) electrons. The second kappa shape index (κ2) is 7.30. The van der Waals surface area contributed by atoms with Gasteiger partial charge in [0, 0.05) is 30.9 Å². The van der Waals surface area contributed by atoms with Gasteiger partial charge in [-0.2, -0.15) is 0 Å². The summed E-state index contributed by atoms with van der Waals surface area (Å²) in [5, 5.41) is 0. The fourth-order valence-electron chi connectivity index (χ4n) is 6.16. The maximum Gasteiger partial charge on any atom is 0.233 e. The van der Waals surface area contributed by atoms with E-state index in [1.807, 2.05) is 12.1 Å². The molecule has 2 fully saturated rings. The number of anilines is 2. The SMILES string of the molecule is CC1(C)C2CC[C@@]1(CS(=O)(=O)Nc1ccc3c(c1)CCN3Cc1ccc(F)cc1)C(=O)C2. The van der Waals surface area contributed by atoms with Crippen molar-refractivity contribution in [3.63, 3.8) is 0 Å². The number of hydrogen-bond acceptors (Lipinski definition) is 4. The highest BCUT2D eigenvalue weighted by molar-refractivity contribution is 7.92. The minimum Gasteiger partial charge on any atom is -0.367 e. The van der Waals surface area contributed by atoms with E-state index < -0.39 is 15.4 Å². The molecule has 32 heavy (non-hydrogen) atoms. The van der Waals surface area contributed by atoms with Gasteiger partial charge in [0.1, 0.15) is 11.6 Å². The van der Waals surface area contributed by atoms with Gasteiger partial charge in [-0.1, -0.05) is 26.0 Å². The third-order valence-corrected chi connectivity index (χ3v) is 9.63. The summed E-state index contributed by atoms with van der Waals surface area (Å²) >= 11 is 0. The fourth-order valence-corrected chi connectivity index (χ4v) is 8.04. The quantitative estimate of drug-likeness (QED) is 0.694. The zero-order chi connectivity index (χ0) is 22.7. The number of hydrogen-bond donors (Lipinski definition) is 1. The molecule has 3 aliphatic rings. The van der Waals surface area contributed by atoms with Crippen LogP contribution in [0.25, 0.3) is 0 Å². The Labute approximate surface area is 189 Å². The molecule has 2 aromatic carbocycles. The molecular weight excluding hydrogens is 427 g/mol. The molecule has 2 bridgehead atoms. The first-order chi connectivity index (χ1) is 15.1. The van der Waals surface area contributed by atoms with Gasteiger partial charge in [0.2, 0.25) is 10.0 Å². The van der Waals surface area contributed by atoms with Crippen molar-refractivity contribution in [1.82, 2.24) is 0 Å². The van der Waals surface area contributed by atoms with Gasteiger partial charge in [-0.05, 0) is 72.1 Å². The Hall–Kier alpha value is -2.41. The molecule has 2 saturated carbocycles. The van der Waals surface area contributed by atoms with Crippen molar-refractivity contribution in [3.8, 4) is 0 Å². The molecule has 5 rings (SSSR count). The summed E-state index contributed by atoms with van der Waals surface area (Å²) in [5.41, 5.74) is 2.68. The Morgan fingerprint density at radius 3 is 2.56 bits per heavy atom. The highest BCUT2D eigenvalue weighted by Gasteiger charge is 2.65. The predicted molar refractivity (Wildman–Crippen MR) is 124 cm³/mol. The molecule has 170 valence electrons. The van der Waals surface area contributed by atoms with Crippen molar-refractivity contribution < 1.29 is 17.6 Å². The number of benzene rings is 2. The molecule has 2 aromatic rings. The maximum absolute atomic E-state index is 13.2. The molecule has 7 heteroatoms. The number of sulfonamides is 1. The molecule has 1 aliphatic heterocycles. The number of Topliss-reactive ketones (excluding diaryl/α,β-unsaturated/α-hetero) is 1. The Kier molecular flexibility index (Phi) is 4.89. The molecule has 5 nitrogen and oxygen atoms in total. The summed E-state index contributed by atoms with van der Waals surface area (Å²) in [4.78, 5) is 15.0. The van der Waals surface area contributed by atoms with Gasteiger partial charge in [0.05, 0.1) is 11.2 Å². The summed E-state index contributed by atoms with van der Waals surface area (Å²) in [7, 11) is -3.67. The number of carbonyl (C=O) groups excluding carboxylic acids is 1. The first-order valence-corrected chi connectivity index (χ1v) is 12.9. The Balaban J connectivity index is 1.31. The monoisotopic (exact) mass is 456 g/mol. The van der Waals surface area contributed by atoms with Crippen molar-refractivity contribution in [2.75, 3.05) is 21.9 Å². The first kappa shape index (κ1) is 21.4. The molecular formula is C25H29FN2O3S. The van der Waals surface area contributed by atoms with E-state index in [0.29, 0.717) is 25.1 Å². The highest BCUT2D eigenvalue weighted by Crippen LogP contribution is 2.64. The van der Waals surface area contributed by atoms with Crippen molar-refractivity contribution in [2.24, 2.45) is 16.7 Å². The lowest BCUT2D eigenvalue weighted by Gasteiger charge is -2.36. The van der Waals surface area contributed by atoms with E-state index in [9.17, 15) is 17.6 Å². The molecule has 1 unspecified atom stereocenters. The van der Waals surface area contributed by atoms with Crippen LogP contribution in [0, 0.1) is 22.6 Å². The van der Waals surface area contributed by atoms with Crippen LogP contribution >= 0.6 is 0 Å². The van der Waals surface area contributed by atoms with Crippen LogP contribution in [0.1, 0.15) is 44.2 Å². The lowest BCUT2D eigenvalue weighted by Crippen LogP contribution is -2.43. The van der Waals surface area contributed by atoms with Gasteiger partial charge >= 0.3 is 0 Å². The number of fused-ring (bicyclic) bond motifs is 3. The summed E-state index contributed by atoms with van der Waals surface area (Å²) in [5.74, 6) is 0.00508. The molecule has 0 saturated heterocycles. The van der Waals surface area contributed by atoms with E-state index in [4.69, 9.17) is 0 Å². The van der Waals surface area contributed by atoms with E-state index in [0.717, 1.165) is 36.2 Å². The largest absolute Gasteiger partial charge is 0.367 e. The number of nitrogens with one attached hydrogen (secondary N) is 1. The van der Waals surface area contributed by atoms with Crippen LogP contribution in [-0.2, 0) is 27.8 Å². The van der Waals surface area contributed by atoms with E-state index in [1.54, 1.807) is 18.2 Å². The standard InChI is InChI=1S/C25H29FN2O3S/c1-24(2)19-9-11-25(24,23(29)14-19)16-32(30,31)27-21-7-8-22-18(13-21)10-12-28(22)15-17-3-5-20(26)6-4-17/h3-8,13,19,27H,9-12,14-16H2,1-2H3/t19?,25-/m1/s1. The third-order valence-electron chi connectivity index (χ3n) is 8.21. The molecule has 0 aromatic heterocycles. The number of nitrogens with zero attached hydrogens (tertiary/aromatic N) is 1. The van der Waals surface area contributed by atoms with E-state index >= 15 is 0 Å². The van der Waals surface area contributed by atoms with Crippen molar-refractivity contribution in [1.29, 1.82) is 0 Å². The Bertz CT molecular complexity index is 1180. The maximum atomic E-state index is 13.2. The van der Waals surface area contributed by atoms with E-state index in [1.165, 1.54) is 12.1 Å². The van der Waals surface area contributed by atoms with Crippen LogP contribution in [0.15, 0.2) is 42.5 Å². The summed E-state index contributed by atoms with van der Waals surface area (Å²) in [6.45, 7) is 5.61. The average Bonchev–Trinajstić information content (AvgIpc) is 3.28. The number of rotatable bonds is 6. The number of halogens is 1. The molecule has 2 atom stereocenters. The topological polar surface area (TPSA) is 66.5 Å². The van der Waals surface area contributed by atoms with Crippen LogP contribution in [0.3, 0.4) is 0 Å². The third kappa shape index (κ3) is 3.41. The first-order valence-electron chi connectivity index (χ1n) is 11.3. The van der Waals surface area contributed by atoms with Gasteiger partial charge in [0.25, 0.3) is 0 Å². The van der Waals surface area contributed by atoms with Crippen molar-refractivity contribution in [2.45, 2.75) is 46.1 Å². The second-order valence-electron chi connectivity index (χ2n) is 10.2. The Morgan fingerprint density at radius 2 is 1.91 bits per heavy atom. The van der Waals surface area contributed by atoms with Crippen LogP contribution in [0.4, 0.5) is 15.8 Å². The van der Waals surface area contributed by atoms with Crippen LogP contribution in [0.2, 0.25) is 0 Å². The second-order valence-corrected chi connectivity index (χ2v) is 11.9. The van der Waals surface area contributed by atoms with Gasteiger partial charge < -0.3 is 4.90 Å². The molecule has 1 heterocycles. The zero-order valence-electron chi connectivity index (χ0n) is 18.5. The summed E-state index contributed by atoms with van der Waals surface area (Å²) < 4.78 is 42.1. The fraction of sp³-hybridized carbons (Fsp3) is 0.480. The molecule has 2 aliphatic carbocycles. The number of carbonyl (C=O) groups is 1. The molecule has 0 spiro atoms. The number of ketones is 1. The minimum atomic E-state index is -3.67. The smallest absolute Gasteiger partial charge is 0.233 e. The Morgan fingerprint density at radius 1 is 1.16 bits per heavy atom. The van der Waals surface area contributed by atoms with Gasteiger partial charge in [-0.25, -0.2) is 12.8 Å². The van der Waals surface area contributed by atoms with Crippen LogP contribution in [0.5, 0.6) is 0 Å². The van der Waals surface area contributed by atoms with Gasteiger partial charge in [0.15, 0.2) is 0 Å². The lowest BCUT2D eigenvalue weighted by atomic mass is 9.70. The van der Waals surface area contributed by atoms with E-state index in [2.05, 4.69) is 23.5 Å². The zero-order valence-corrected chi connectivity index (χ0v) is 19.3. The lowest BCUT2D eigenvalue weighted by molar-refractivity contribution is -0.128. The average molecular weight is 457 g/mol.